The Hall–Kier alpha value is -4.41. The molecule has 0 aliphatic carbocycles. The van der Waals surface area contributed by atoms with E-state index >= 15 is 0 Å². The smallest absolute Gasteiger partial charge is 0.344 e. The van der Waals surface area contributed by atoms with Gasteiger partial charge < -0.3 is 14.2 Å². The van der Waals surface area contributed by atoms with Crippen molar-refractivity contribution in [1.82, 2.24) is 5.43 Å². The quantitative estimate of drug-likeness (QED) is 0.216. The summed E-state index contributed by atoms with van der Waals surface area (Å²) >= 11 is 0. The summed E-state index contributed by atoms with van der Waals surface area (Å²) in [6.07, 6.45) is 1.21. The monoisotopic (exact) mass is 441 g/mol. The lowest BCUT2D eigenvalue weighted by Crippen LogP contribution is -2.35. The Balaban J connectivity index is 1.96. The fraction of sp³-hybridized carbons (Fsp3) is 0.190. The van der Waals surface area contributed by atoms with Crippen molar-refractivity contribution in [2.45, 2.75) is 6.92 Å². The van der Waals surface area contributed by atoms with Crippen molar-refractivity contribution in [3.63, 3.8) is 0 Å². The highest BCUT2D eigenvalue weighted by Crippen LogP contribution is 2.39. The summed E-state index contributed by atoms with van der Waals surface area (Å²) in [5.41, 5.74) is 2.34. The van der Waals surface area contributed by atoms with Crippen LogP contribution in [0, 0.1) is 10.1 Å². The van der Waals surface area contributed by atoms with Gasteiger partial charge in [0.2, 0.25) is 5.75 Å². The molecule has 3 rings (SSSR count). The number of carbonyl (C=O) groups excluding carboxylic acids is 3. The van der Waals surface area contributed by atoms with Crippen LogP contribution in [0.25, 0.3) is 6.08 Å². The van der Waals surface area contributed by atoms with Gasteiger partial charge in [-0.05, 0) is 36.8 Å². The van der Waals surface area contributed by atoms with Crippen LogP contribution in [0.4, 0.5) is 11.4 Å². The minimum atomic E-state index is -0.724. The fourth-order valence-corrected chi connectivity index (χ4v) is 2.94. The van der Waals surface area contributed by atoms with Crippen LogP contribution in [0.1, 0.15) is 12.5 Å². The number of hydrazine groups is 1. The molecule has 166 valence electrons. The van der Waals surface area contributed by atoms with Crippen molar-refractivity contribution in [1.29, 1.82) is 0 Å². The van der Waals surface area contributed by atoms with Crippen LogP contribution < -0.4 is 19.9 Å². The molecule has 11 nitrogen and oxygen atoms in total. The van der Waals surface area contributed by atoms with E-state index in [1.54, 1.807) is 37.3 Å². The molecule has 0 bridgehead atoms. The molecule has 1 fully saturated rings. The van der Waals surface area contributed by atoms with Crippen LogP contribution in [-0.2, 0) is 19.1 Å². The molecule has 1 heterocycles. The third-order valence-corrected chi connectivity index (χ3v) is 4.33. The zero-order chi connectivity index (χ0) is 23.3. The first-order valence-electron chi connectivity index (χ1n) is 9.42. The molecule has 1 aliphatic rings. The summed E-state index contributed by atoms with van der Waals surface area (Å²) in [6.45, 7) is 1.19. The van der Waals surface area contributed by atoms with Crippen molar-refractivity contribution in [3.05, 3.63) is 63.7 Å². The van der Waals surface area contributed by atoms with E-state index in [0.717, 1.165) is 11.1 Å². The van der Waals surface area contributed by atoms with Gasteiger partial charge in [0.15, 0.2) is 12.4 Å². The van der Waals surface area contributed by atoms with Crippen molar-refractivity contribution < 1.29 is 33.5 Å². The predicted molar refractivity (Wildman–Crippen MR) is 112 cm³/mol. The molecule has 0 aromatic heterocycles. The first-order valence-corrected chi connectivity index (χ1v) is 9.42. The molecule has 2 amide bonds. The van der Waals surface area contributed by atoms with Crippen LogP contribution in [-0.4, -0.2) is 43.0 Å². The van der Waals surface area contributed by atoms with E-state index in [-0.39, 0.29) is 29.2 Å². The normalized spacial score (nSPS) is 14.3. The van der Waals surface area contributed by atoms with Crippen LogP contribution in [0.3, 0.4) is 0 Å². The second-order valence-electron chi connectivity index (χ2n) is 6.40. The number of carbonyl (C=O) groups is 3. The topological polar surface area (TPSA) is 137 Å². The maximum Gasteiger partial charge on any atom is 0.344 e. The number of benzene rings is 2. The van der Waals surface area contributed by atoms with Crippen LogP contribution in [0.2, 0.25) is 0 Å². The first-order chi connectivity index (χ1) is 15.3. The lowest BCUT2D eigenvalue weighted by molar-refractivity contribution is -0.385. The molecule has 1 N–H and O–H groups in total. The number of rotatable bonds is 8. The largest absolute Gasteiger partial charge is 0.493 e. The van der Waals surface area contributed by atoms with E-state index in [1.165, 1.54) is 19.3 Å². The molecular weight excluding hydrogens is 422 g/mol. The Kier molecular flexibility index (Phi) is 6.68. The van der Waals surface area contributed by atoms with E-state index in [4.69, 9.17) is 14.2 Å². The number of hydrogen-bond donors (Lipinski definition) is 1. The van der Waals surface area contributed by atoms with Crippen LogP contribution >= 0.6 is 0 Å². The van der Waals surface area contributed by atoms with Crippen molar-refractivity contribution in [3.8, 4) is 11.5 Å². The zero-order valence-corrected chi connectivity index (χ0v) is 17.2. The maximum atomic E-state index is 12.7. The van der Waals surface area contributed by atoms with Crippen LogP contribution in [0.5, 0.6) is 11.5 Å². The average molecular weight is 441 g/mol. The van der Waals surface area contributed by atoms with Crippen molar-refractivity contribution in [2.75, 3.05) is 25.3 Å². The van der Waals surface area contributed by atoms with Gasteiger partial charge in [-0.1, -0.05) is 18.2 Å². The minimum absolute atomic E-state index is 0.0545. The highest BCUT2D eigenvalue weighted by atomic mass is 16.6. The second kappa shape index (κ2) is 9.60. The van der Waals surface area contributed by atoms with Gasteiger partial charge in [-0.3, -0.25) is 25.1 Å². The molecule has 1 saturated heterocycles. The summed E-state index contributed by atoms with van der Waals surface area (Å²) in [4.78, 5) is 47.5. The number of para-hydroxylation sites is 1. The maximum absolute atomic E-state index is 12.7. The van der Waals surface area contributed by atoms with Gasteiger partial charge >= 0.3 is 11.7 Å². The molecule has 0 unspecified atom stereocenters. The number of nitro groups is 1. The highest BCUT2D eigenvalue weighted by molar-refractivity contribution is 6.31. The lowest BCUT2D eigenvalue weighted by Gasteiger charge is -2.14. The molecule has 2 aromatic carbocycles. The number of methoxy groups -OCH3 is 1. The molecule has 0 saturated carbocycles. The zero-order valence-electron chi connectivity index (χ0n) is 17.2. The average Bonchev–Trinajstić information content (AvgIpc) is 3.06. The van der Waals surface area contributed by atoms with Crippen molar-refractivity contribution in [2.24, 2.45) is 0 Å². The van der Waals surface area contributed by atoms with E-state index in [9.17, 15) is 24.5 Å². The number of anilines is 1. The lowest BCUT2D eigenvalue weighted by atomic mass is 10.1. The fourth-order valence-electron chi connectivity index (χ4n) is 2.94. The summed E-state index contributed by atoms with van der Waals surface area (Å²) in [5.74, 6) is -2.32. The highest BCUT2D eigenvalue weighted by Gasteiger charge is 2.34. The number of amides is 2. The van der Waals surface area contributed by atoms with E-state index in [0.29, 0.717) is 5.69 Å². The van der Waals surface area contributed by atoms with Crippen LogP contribution in [0.15, 0.2) is 48.0 Å². The van der Waals surface area contributed by atoms with Gasteiger partial charge in [0.05, 0.1) is 24.3 Å². The van der Waals surface area contributed by atoms with Gasteiger partial charge in [0.1, 0.15) is 5.57 Å². The van der Waals surface area contributed by atoms with E-state index < -0.39 is 35.0 Å². The summed E-state index contributed by atoms with van der Waals surface area (Å²) in [5, 5.41) is 12.7. The van der Waals surface area contributed by atoms with E-state index in [2.05, 4.69) is 5.43 Å². The standard InChI is InChI=1S/C21H19N3O8/c1-3-31-18(25)12-32-19-16(24(28)29)10-13(11-17(19)30-2)9-15-20(26)22-23(21(15)27)14-7-5-4-6-8-14/h4-11H,3,12H2,1-2H3,(H,22,26). The molecule has 0 radical (unpaired) electrons. The summed E-state index contributed by atoms with van der Waals surface area (Å²) in [6, 6.07) is 10.9. The van der Waals surface area contributed by atoms with Gasteiger partial charge in [-0.2, -0.15) is 0 Å². The molecular formula is C21H19N3O8. The number of nitrogens with one attached hydrogen (secondary N) is 1. The molecule has 0 spiro atoms. The molecule has 0 atom stereocenters. The van der Waals surface area contributed by atoms with Gasteiger partial charge in [0.25, 0.3) is 11.8 Å². The number of nitro benzene ring substituents is 1. The van der Waals surface area contributed by atoms with E-state index in [1.807, 2.05) is 0 Å². The van der Waals surface area contributed by atoms with Crippen molar-refractivity contribution >= 4 is 35.2 Å². The molecule has 11 heteroatoms. The Bertz CT molecular complexity index is 1100. The molecule has 32 heavy (non-hydrogen) atoms. The van der Waals surface area contributed by atoms with Gasteiger partial charge in [0, 0.05) is 6.07 Å². The Labute approximate surface area is 182 Å². The second-order valence-corrected chi connectivity index (χ2v) is 6.40. The van der Waals surface area contributed by atoms with Gasteiger partial charge in [-0.15, -0.1) is 0 Å². The Morgan fingerprint density at radius 2 is 1.94 bits per heavy atom. The molecule has 1 aliphatic heterocycles. The first kappa shape index (κ1) is 22.3. The SMILES string of the molecule is CCOC(=O)COc1c(OC)cc(C=C2C(=O)NN(c3ccccc3)C2=O)cc1[N+](=O)[O-]. The third kappa shape index (κ3) is 4.67. The third-order valence-electron chi connectivity index (χ3n) is 4.33. The Morgan fingerprint density at radius 3 is 2.56 bits per heavy atom. The number of nitrogens with zero attached hydrogens (tertiary/aromatic N) is 2. The number of hydrogen-bond acceptors (Lipinski definition) is 8. The predicted octanol–water partition coefficient (Wildman–Crippen LogP) is 2.01. The minimum Gasteiger partial charge on any atom is -0.493 e. The number of esters is 1. The van der Waals surface area contributed by atoms with Gasteiger partial charge in [-0.25, -0.2) is 9.80 Å². The molecule has 2 aromatic rings. The summed E-state index contributed by atoms with van der Waals surface area (Å²) < 4.78 is 15.2. The summed E-state index contributed by atoms with van der Waals surface area (Å²) in [7, 11) is 1.26. The Morgan fingerprint density at radius 1 is 1.22 bits per heavy atom. The number of ether oxygens (including phenoxy) is 3.